The summed E-state index contributed by atoms with van der Waals surface area (Å²) in [5, 5.41) is 0. The minimum Gasteiger partial charge on any atom is -0.381 e. The number of carbonyl (C=O) groups is 1. The zero-order chi connectivity index (χ0) is 14.6. The molecule has 0 aromatic rings. The molecule has 2 aliphatic heterocycles. The molecule has 20 heavy (non-hydrogen) atoms. The second kappa shape index (κ2) is 6.76. The predicted octanol–water partition coefficient (Wildman–Crippen LogP) is 1.51. The molecule has 2 fully saturated rings. The van der Waals surface area contributed by atoms with E-state index in [-0.39, 0.29) is 11.8 Å². The number of rotatable bonds is 3. The summed E-state index contributed by atoms with van der Waals surface area (Å²) in [6, 6.07) is 0. The van der Waals surface area contributed by atoms with E-state index in [4.69, 9.17) is 4.74 Å². The van der Waals surface area contributed by atoms with Gasteiger partial charge in [-0.05, 0) is 18.8 Å². The van der Waals surface area contributed by atoms with Crippen molar-refractivity contribution in [3.05, 3.63) is 0 Å². The molecule has 1 atom stereocenters. The number of alkyl halides is 3. The highest BCUT2D eigenvalue weighted by atomic mass is 19.4. The van der Waals surface area contributed by atoms with Gasteiger partial charge in [0.25, 0.3) is 0 Å². The standard InChI is InChI=1S/C13H21F3N2O2/c14-13(15,16)10-17-3-5-18(6-4-17)12(19)8-11-2-1-7-20-9-11/h11H,1-10H2. The largest absolute Gasteiger partial charge is 0.401 e. The van der Waals surface area contributed by atoms with Crippen molar-refractivity contribution in [1.82, 2.24) is 9.80 Å². The maximum atomic E-state index is 12.3. The van der Waals surface area contributed by atoms with Gasteiger partial charge in [-0.15, -0.1) is 0 Å². The van der Waals surface area contributed by atoms with E-state index < -0.39 is 12.7 Å². The summed E-state index contributed by atoms with van der Waals surface area (Å²) in [7, 11) is 0. The smallest absolute Gasteiger partial charge is 0.381 e. The van der Waals surface area contributed by atoms with Crippen LogP contribution in [0.4, 0.5) is 13.2 Å². The van der Waals surface area contributed by atoms with E-state index in [0.717, 1.165) is 19.4 Å². The molecule has 2 heterocycles. The maximum absolute atomic E-state index is 12.3. The van der Waals surface area contributed by atoms with E-state index in [9.17, 15) is 18.0 Å². The molecule has 0 radical (unpaired) electrons. The van der Waals surface area contributed by atoms with Crippen LogP contribution in [-0.2, 0) is 9.53 Å². The molecule has 0 aromatic carbocycles. The number of hydrogen-bond acceptors (Lipinski definition) is 3. The molecule has 116 valence electrons. The Labute approximate surface area is 116 Å². The second-order valence-electron chi connectivity index (χ2n) is 5.56. The van der Waals surface area contributed by atoms with Crippen molar-refractivity contribution < 1.29 is 22.7 Å². The number of halogens is 3. The van der Waals surface area contributed by atoms with Crippen molar-refractivity contribution in [3.63, 3.8) is 0 Å². The fourth-order valence-corrected chi connectivity index (χ4v) is 2.75. The molecule has 0 aliphatic carbocycles. The highest BCUT2D eigenvalue weighted by molar-refractivity contribution is 5.76. The Morgan fingerprint density at radius 1 is 1.20 bits per heavy atom. The van der Waals surface area contributed by atoms with Crippen molar-refractivity contribution in [2.45, 2.75) is 25.4 Å². The van der Waals surface area contributed by atoms with E-state index in [1.54, 1.807) is 4.90 Å². The summed E-state index contributed by atoms with van der Waals surface area (Å²) < 4.78 is 42.1. The van der Waals surface area contributed by atoms with Gasteiger partial charge in [0.2, 0.25) is 5.91 Å². The molecular formula is C13H21F3N2O2. The Morgan fingerprint density at radius 2 is 1.90 bits per heavy atom. The first-order valence-corrected chi connectivity index (χ1v) is 7.09. The van der Waals surface area contributed by atoms with Crippen LogP contribution in [0, 0.1) is 5.92 Å². The number of carbonyl (C=O) groups excluding carboxylic acids is 1. The lowest BCUT2D eigenvalue weighted by molar-refractivity contribution is -0.152. The Hall–Kier alpha value is -0.820. The molecule has 1 amide bonds. The summed E-state index contributed by atoms with van der Waals surface area (Å²) in [5.41, 5.74) is 0. The highest BCUT2D eigenvalue weighted by Gasteiger charge is 2.33. The van der Waals surface area contributed by atoms with Gasteiger partial charge in [0, 0.05) is 45.8 Å². The van der Waals surface area contributed by atoms with Crippen molar-refractivity contribution >= 4 is 5.91 Å². The molecule has 2 aliphatic rings. The van der Waals surface area contributed by atoms with Crippen molar-refractivity contribution in [3.8, 4) is 0 Å². The van der Waals surface area contributed by atoms with Crippen LogP contribution >= 0.6 is 0 Å². The van der Waals surface area contributed by atoms with Gasteiger partial charge in [0.15, 0.2) is 0 Å². The monoisotopic (exact) mass is 294 g/mol. The molecular weight excluding hydrogens is 273 g/mol. The molecule has 1 unspecified atom stereocenters. The minimum atomic E-state index is -4.16. The molecule has 0 spiro atoms. The first kappa shape index (κ1) is 15.6. The van der Waals surface area contributed by atoms with Gasteiger partial charge < -0.3 is 9.64 Å². The summed E-state index contributed by atoms with van der Waals surface area (Å²) in [6.07, 6.45) is -1.72. The number of hydrogen-bond donors (Lipinski definition) is 0. The molecule has 0 aromatic heterocycles. The third kappa shape index (κ3) is 4.94. The molecule has 0 saturated carbocycles. The third-order valence-corrected chi connectivity index (χ3v) is 3.85. The lowest BCUT2D eigenvalue weighted by Gasteiger charge is -2.35. The first-order chi connectivity index (χ1) is 9.44. The normalized spacial score (nSPS) is 25.8. The number of amides is 1. The average molecular weight is 294 g/mol. The third-order valence-electron chi connectivity index (χ3n) is 3.85. The zero-order valence-corrected chi connectivity index (χ0v) is 11.5. The first-order valence-electron chi connectivity index (χ1n) is 7.09. The van der Waals surface area contributed by atoms with Gasteiger partial charge in [-0.25, -0.2) is 0 Å². The number of nitrogens with zero attached hydrogens (tertiary/aromatic N) is 2. The summed E-state index contributed by atoms with van der Waals surface area (Å²) >= 11 is 0. The molecule has 2 rings (SSSR count). The topological polar surface area (TPSA) is 32.8 Å². The van der Waals surface area contributed by atoms with Crippen LogP contribution in [0.5, 0.6) is 0 Å². The Bertz CT molecular complexity index is 322. The van der Waals surface area contributed by atoms with Gasteiger partial charge in [-0.1, -0.05) is 0 Å². The fraction of sp³-hybridized carbons (Fsp3) is 0.923. The van der Waals surface area contributed by atoms with Crippen LogP contribution in [0.3, 0.4) is 0 Å². The van der Waals surface area contributed by atoms with E-state index in [1.165, 1.54) is 4.90 Å². The Morgan fingerprint density at radius 3 is 2.45 bits per heavy atom. The molecule has 4 nitrogen and oxygen atoms in total. The van der Waals surface area contributed by atoms with Crippen molar-refractivity contribution in [2.24, 2.45) is 5.92 Å². The van der Waals surface area contributed by atoms with Gasteiger partial charge in [0.05, 0.1) is 6.54 Å². The van der Waals surface area contributed by atoms with Crippen LogP contribution in [0.25, 0.3) is 0 Å². The minimum absolute atomic E-state index is 0.0483. The van der Waals surface area contributed by atoms with E-state index in [1.807, 2.05) is 0 Å². The highest BCUT2D eigenvalue weighted by Crippen LogP contribution is 2.20. The predicted molar refractivity (Wildman–Crippen MR) is 67.2 cm³/mol. The summed E-state index contributed by atoms with van der Waals surface area (Å²) in [6.45, 7) is 1.88. The van der Waals surface area contributed by atoms with Crippen LogP contribution in [0.15, 0.2) is 0 Å². The lowest BCUT2D eigenvalue weighted by atomic mass is 9.98. The number of ether oxygens (including phenoxy) is 1. The van der Waals surface area contributed by atoms with Gasteiger partial charge in [0.1, 0.15) is 0 Å². The fourth-order valence-electron chi connectivity index (χ4n) is 2.75. The zero-order valence-electron chi connectivity index (χ0n) is 11.5. The SMILES string of the molecule is O=C(CC1CCCOC1)N1CCN(CC(F)(F)F)CC1. The quantitative estimate of drug-likeness (QED) is 0.791. The number of piperazine rings is 1. The van der Waals surface area contributed by atoms with Crippen LogP contribution in [0.2, 0.25) is 0 Å². The molecule has 0 bridgehead atoms. The van der Waals surface area contributed by atoms with E-state index in [2.05, 4.69) is 0 Å². The molecule has 2 saturated heterocycles. The van der Waals surface area contributed by atoms with Crippen molar-refractivity contribution in [2.75, 3.05) is 45.9 Å². The van der Waals surface area contributed by atoms with Gasteiger partial charge >= 0.3 is 6.18 Å². The van der Waals surface area contributed by atoms with Crippen LogP contribution < -0.4 is 0 Å². The Balaban J connectivity index is 1.71. The second-order valence-corrected chi connectivity index (χ2v) is 5.56. The van der Waals surface area contributed by atoms with E-state index in [0.29, 0.717) is 39.2 Å². The van der Waals surface area contributed by atoms with Gasteiger partial charge in [-0.2, -0.15) is 13.2 Å². The van der Waals surface area contributed by atoms with Crippen LogP contribution in [-0.4, -0.2) is 67.8 Å². The molecule has 7 heteroatoms. The van der Waals surface area contributed by atoms with Gasteiger partial charge in [-0.3, -0.25) is 9.69 Å². The molecule has 0 N–H and O–H groups in total. The van der Waals surface area contributed by atoms with Crippen LogP contribution in [0.1, 0.15) is 19.3 Å². The van der Waals surface area contributed by atoms with Crippen molar-refractivity contribution in [1.29, 1.82) is 0 Å². The summed E-state index contributed by atoms with van der Waals surface area (Å²) in [4.78, 5) is 15.1. The summed E-state index contributed by atoms with van der Waals surface area (Å²) in [5.74, 6) is 0.316. The maximum Gasteiger partial charge on any atom is 0.401 e. The lowest BCUT2D eigenvalue weighted by Crippen LogP contribution is -2.51. The van der Waals surface area contributed by atoms with E-state index >= 15 is 0 Å². The average Bonchev–Trinajstić information content (AvgIpc) is 2.39. The Kier molecular flexibility index (Phi) is 5.26.